The Kier molecular flexibility index (Phi) is 4.61. The van der Waals surface area contributed by atoms with Crippen molar-refractivity contribution < 1.29 is 4.74 Å². The molecule has 106 valence electrons. The zero-order valence-electron chi connectivity index (χ0n) is 12.4. The van der Waals surface area contributed by atoms with Gasteiger partial charge in [0.15, 0.2) is 0 Å². The van der Waals surface area contributed by atoms with E-state index >= 15 is 0 Å². The largest absolute Gasteiger partial charge is 0.478 e. The maximum atomic E-state index is 5.47. The molecule has 1 saturated carbocycles. The lowest BCUT2D eigenvalue weighted by Crippen LogP contribution is -2.25. The average Bonchev–Trinajstić information content (AvgIpc) is 2.70. The number of nitrogens with one attached hydrogen (secondary N) is 1. The van der Waals surface area contributed by atoms with Gasteiger partial charge in [-0.25, -0.2) is 4.98 Å². The van der Waals surface area contributed by atoms with Crippen LogP contribution in [0.1, 0.15) is 45.7 Å². The van der Waals surface area contributed by atoms with Crippen LogP contribution < -0.4 is 10.1 Å². The lowest BCUT2D eigenvalue weighted by molar-refractivity contribution is 0.326. The van der Waals surface area contributed by atoms with Crippen molar-refractivity contribution in [2.45, 2.75) is 53.0 Å². The van der Waals surface area contributed by atoms with Gasteiger partial charge in [0, 0.05) is 17.8 Å². The predicted molar refractivity (Wildman–Crippen MR) is 77.5 cm³/mol. The molecular weight excluding hydrogens is 238 g/mol. The van der Waals surface area contributed by atoms with Crippen molar-refractivity contribution in [3.8, 4) is 5.88 Å². The maximum absolute atomic E-state index is 5.47. The minimum atomic E-state index is 0.487. The standard InChI is InChI=1S/C15H25N3O/c1-5-12-7-8-13(11(12)4)17-15-16-10(3)9-14(18-15)19-6-2/h9,11-13H,5-8H2,1-4H3,(H,16,17,18). The van der Waals surface area contributed by atoms with Crippen LogP contribution in [0.15, 0.2) is 6.07 Å². The van der Waals surface area contributed by atoms with Gasteiger partial charge in [-0.1, -0.05) is 20.3 Å². The zero-order valence-corrected chi connectivity index (χ0v) is 12.4. The lowest BCUT2D eigenvalue weighted by Gasteiger charge is -2.21. The van der Waals surface area contributed by atoms with Crippen LogP contribution in [0.3, 0.4) is 0 Å². The van der Waals surface area contributed by atoms with Crippen molar-refractivity contribution in [2.75, 3.05) is 11.9 Å². The quantitative estimate of drug-likeness (QED) is 0.884. The van der Waals surface area contributed by atoms with Crippen LogP contribution in [0.2, 0.25) is 0 Å². The van der Waals surface area contributed by atoms with Crippen molar-refractivity contribution in [1.29, 1.82) is 0 Å². The smallest absolute Gasteiger partial charge is 0.226 e. The SMILES string of the molecule is CCOc1cc(C)nc(NC2CCC(CC)C2C)n1. The summed E-state index contributed by atoms with van der Waals surface area (Å²) in [4.78, 5) is 8.89. The van der Waals surface area contributed by atoms with Crippen LogP contribution in [0, 0.1) is 18.8 Å². The normalized spacial score (nSPS) is 26.4. The zero-order chi connectivity index (χ0) is 13.8. The second kappa shape index (κ2) is 6.22. The Balaban J connectivity index is 2.06. The van der Waals surface area contributed by atoms with Gasteiger partial charge in [-0.15, -0.1) is 0 Å². The number of rotatable bonds is 5. The third-order valence-corrected chi connectivity index (χ3v) is 4.19. The molecule has 1 N–H and O–H groups in total. The molecule has 1 aromatic heterocycles. The first-order valence-electron chi connectivity index (χ1n) is 7.39. The summed E-state index contributed by atoms with van der Waals surface area (Å²) in [5, 5.41) is 3.49. The van der Waals surface area contributed by atoms with E-state index < -0.39 is 0 Å². The fraction of sp³-hybridized carbons (Fsp3) is 0.733. The Labute approximate surface area is 116 Å². The molecule has 4 heteroatoms. The third kappa shape index (κ3) is 3.37. The number of hydrogen-bond acceptors (Lipinski definition) is 4. The monoisotopic (exact) mass is 263 g/mol. The molecule has 2 rings (SSSR count). The number of anilines is 1. The summed E-state index contributed by atoms with van der Waals surface area (Å²) in [7, 11) is 0. The van der Waals surface area contributed by atoms with E-state index in [1.807, 2.05) is 19.9 Å². The van der Waals surface area contributed by atoms with Crippen molar-refractivity contribution in [1.82, 2.24) is 9.97 Å². The number of aromatic nitrogens is 2. The summed E-state index contributed by atoms with van der Waals surface area (Å²) in [6.07, 6.45) is 3.78. The van der Waals surface area contributed by atoms with Crippen molar-refractivity contribution in [3.63, 3.8) is 0 Å². The Hall–Kier alpha value is -1.32. The van der Waals surface area contributed by atoms with Crippen LogP contribution >= 0.6 is 0 Å². The van der Waals surface area contributed by atoms with E-state index in [1.54, 1.807) is 0 Å². The molecule has 0 aromatic carbocycles. The van der Waals surface area contributed by atoms with Crippen molar-refractivity contribution >= 4 is 5.95 Å². The second-order valence-corrected chi connectivity index (χ2v) is 5.46. The van der Waals surface area contributed by atoms with E-state index in [0.29, 0.717) is 30.4 Å². The van der Waals surface area contributed by atoms with Gasteiger partial charge in [0.1, 0.15) is 0 Å². The molecule has 4 nitrogen and oxygen atoms in total. The van der Waals surface area contributed by atoms with Crippen LogP contribution in [0.4, 0.5) is 5.95 Å². The lowest BCUT2D eigenvalue weighted by atomic mass is 9.94. The van der Waals surface area contributed by atoms with Crippen LogP contribution in [-0.4, -0.2) is 22.6 Å². The highest BCUT2D eigenvalue weighted by Gasteiger charge is 2.31. The highest BCUT2D eigenvalue weighted by atomic mass is 16.5. The van der Waals surface area contributed by atoms with Gasteiger partial charge in [0.25, 0.3) is 0 Å². The molecular formula is C15H25N3O. The van der Waals surface area contributed by atoms with E-state index in [2.05, 4.69) is 29.1 Å². The summed E-state index contributed by atoms with van der Waals surface area (Å²) < 4.78 is 5.47. The fourth-order valence-corrected chi connectivity index (χ4v) is 3.02. The van der Waals surface area contributed by atoms with Gasteiger partial charge < -0.3 is 10.1 Å². The summed E-state index contributed by atoms with van der Waals surface area (Å²) in [6, 6.07) is 2.36. The van der Waals surface area contributed by atoms with Crippen LogP contribution in [0.5, 0.6) is 5.88 Å². The highest BCUT2D eigenvalue weighted by Crippen LogP contribution is 2.35. The number of hydrogen-bond donors (Lipinski definition) is 1. The molecule has 0 amide bonds. The summed E-state index contributed by atoms with van der Waals surface area (Å²) in [6.45, 7) is 9.18. The Bertz CT molecular complexity index is 422. The van der Waals surface area contributed by atoms with E-state index in [0.717, 1.165) is 11.6 Å². The van der Waals surface area contributed by atoms with E-state index in [1.165, 1.54) is 19.3 Å². The second-order valence-electron chi connectivity index (χ2n) is 5.46. The molecule has 1 aliphatic carbocycles. The molecule has 1 aliphatic rings. The molecule has 1 fully saturated rings. The van der Waals surface area contributed by atoms with Gasteiger partial charge in [0.2, 0.25) is 11.8 Å². The van der Waals surface area contributed by atoms with Crippen LogP contribution in [-0.2, 0) is 0 Å². The average molecular weight is 263 g/mol. The topological polar surface area (TPSA) is 47.0 Å². The Morgan fingerprint density at radius 3 is 2.74 bits per heavy atom. The Morgan fingerprint density at radius 2 is 2.11 bits per heavy atom. The molecule has 3 atom stereocenters. The first-order chi connectivity index (χ1) is 9.13. The minimum Gasteiger partial charge on any atom is -0.478 e. The summed E-state index contributed by atoms with van der Waals surface area (Å²) in [5.74, 6) is 2.88. The summed E-state index contributed by atoms with van der Waals surface area (Å²) in [5.41, 5.74) is 0.943. The molecule has 19 heavy (non-hydrogen) atoms. The molecule has 0 bridgehead atoms. The number of nitrogens with zero attached hydrogens (tertiary/aromatic N) is 2. The molecule has 3 unspecified atom stereocenters. The highest BCUT2D eigenvalue weighted by molar-refractivity contribution is 5.32. The molecule has 1 aromatic rings. The van der Waals surface area contributed by atoms with E-state index in [-0.39, 0.29) is 0 Å². The third-order valence-electron chi connectivity index (χ3n) is 4.19. The molecule has 0 radical (unpaired) electrons. The van der Waals surface area contributed by atoms with Gasteiger partial charge in [-0.05, 0) is 38.5 Å². The number of ether oxygens (including phenoxy) is 1. The van der Waals surface area contributed by atoms with Crippen molar-refractivity contribution in [3.05, 3.63) is 11.8 Å². The maximum Gasteiger partial charge on any atom is 0.226 e. The van der Waals surface area contributed by atoms with Gasteiger partial charge >= 0.3 is 0 Å². The molecule has 0 spiro atoms. The summed E-state index contributed by atoms with van der Waals surface area (Å²) >= 11 is 0. The van der Waals surface area contributed by atoms with Crippen LogP contribution in [0.25, 0.3) is 0 Å². The fourth-order valence-electron chi connectivity index (χ4n) is 3.02. The first-order valence-corrected chi connectivity index (χ1v) is 7.39. The first kappa shape index (κ1) is 14.1. The predicted octanol–water partition coefficient (Wildman–Crippen LogP) is 3.42. The van der Waals surface area contributed by atoms with Gasteiger partial charge in [-0.3, -0.25) is 0 Å². The van der Waals surface area contributed by atoms with E-state index in [4.69, 9.17) is 4.74 Å². The molecule has 0 saturated heterocycles. The van der Waals surface area contributed by atoms with Gasteiger partial charge in [0.05, 0.1) is 6.61 Å². The van der Waals surface area contributed by atoms with E-state index in [9.17, 15) is 0 Å². The van der Waals surface area contributed by atoms with Crippen molar-refractivity contribution in [2.24, 2.45) is 11.8 Å². The number of aryl methyl sites for hydroxylation is 1. The molecule has 0 aliphatic heterocycles. The Morgan fingerprint density at radius 1 is 1.32 bits per heavy atom. The molecule has 1 heterocycles. The van der Waals surface area contributed by atoms with Gasteiger partial charge in [-0.2, -0.15) is 4.98 Å². The minimum absolute atomic E-state index is 0.487.